The number of nitrogens with zero attached hydrogens (tertiary/aromatic N) is 2. The first-order chi connectivity index (χ1) is 6.26. The van der Waals surface area contributed by atoms with Gasteiger partial charge >= 0.3 is 0 Å². The van der Waals surface area contributed by atoms with E-state index in [9.17, 15) is 0 Å². The van der Waals surface area contributed by atoms with Crippen LogP contribution in [0, 0.1) is 0 Å². The van der Waals surface area contributed by atoms with Gasteiger partial charge in [0, 0.05) is 18.9 Å². The summed E-state index contributed by atoms with van der Waals surface area (Å²) in [6, 6.07) is 0.211. The van der Waals surface area contributed by atoms with Crippen molar-refractivity contribution in [1.82, 2.24) is 15.2 Å². The van der Waals surface area contributed by atoms with E-state index in [2.05, 4.69) is 22.1 Å². The number of aromatic amines is 1. The van der Waals surface area contributed by atoms with Crippen LogP contribution in [0.5, 0.6) is 0 Å². The molecule has 0 aliphatic carbocycles. The lowest BCUT2D eigenvalue weighted by atomic mass is 10.1. The maximum Gasteiger partial charge on any atom is 0.150 e. The van der Waals surface area contributed by atoms with Crippen molar-refractivity contribution >= 4 is 0 Å². The van der Waals surface area contributed by atoms with Gasteiger partial charge in [-0.15, -0.1) is 0 Å². The van der Waals surface area contributed by atoms with Gasteiger partial charge in [0.05, 0.1) is 0 Å². The molecule has 4 heteroatoms. The second-order valence-corrected chi connectivity index (χ2v) is 3.30. The highest BCUT2D eigenvalue weighted by atomic mass is 15.2. The molecule has 0 aliphatic rings. The first-order valence-electron chi connectivity index (χ1n) is 4.92. The molecular formula is C9H18N4. The van der Waals surface area contributed by atoms with Gasteiger partial charge in [-0.25, -0.2) is 4.98 Å². The molecule has 1 atom stereocenters. The van der Waals surface area contributed by atoms with Crippen LogP contribution < -0.4 is 5.73 Å². The predicted octanol–water partition coefficient (Wildman–Crippen LogP) is 1.04. The Labute approximate surface area is 78.9 Å². The van der Waals surface area contributed by atoms with E-state index >= 15 is 0 Å². The number of nitrogens with two attached hydrogens (primary N) is 1. The van der Waals surface area contributed by atoms with E-state index in [4.69, 9.17) is 5.73 Å². The number of nitrogens with one attached hydrogen (secondary N) is 1. The predicted molar refractivity (Wildman–Crippen MR) is 52.3 cm³/mol. The molecule has 1 aromatic rings. The maximum absolute atomic E-state index is 5.88. The molecule has 13 heavy (non-hydrogen) atoms. The minimum absolute atomic E-state index is 0.211. The van der Waals surface area contributed by atoms with Gasteiger partial charge in [0.1, 0.15) is 11.6 Å². The van der Waals surface area contributed by atoms with E-state index in [0.29, 0.717) is 0 Å². The molecule has 1 heterocycles. The van der Waals surface area contributed by atoms with Gasteiger partial charge in [-0.3, -0.25) is 5.10 Å². The summed E-state index contributed by atoms with van der Waals surface area (Å²) >= 11 is 0. The highest BCUT2D eigenvalue weighted by molar-refractivity contribution is 4.92. The molecule has 0 amide bonds. The van der Waals surface area contributed by atoms with Crippen LogP contribution in [0.15, 0.2) is 0 Å². The average Bonchev–Trinajstić information content (AvgIpc) is 2.52. The monoisotopic (exact) mass is 182 g/mol. The Bertz CT molecular complexity index is 244. The Kier molecular flexibility index (Phi) is 3.89. The molecule has 0 saturated carbocycles. The average molecular weight is 182 g/mol. The highest BCUT2D eigenvalue weighted by Gasteiger charge is 2.06. The zero-order valence-corrected chi connectivity index (χ0v) is 8.38. The second kappa shape index (κ2) is 4.97. The third kappa shape index (κ3) is 3.14. The van der Waals surface area contributed by atoms with Crippen molar-refractivity contribution in [2.75, 3.05) is 0 Å². The van der Waals surface area contributed by atoms with Gasteiger partial charge < -0.3 is 5.73 Å². The summed E-state index contributed by atoms with van der Waals surface area (Å²) in [6.45, 7) is 4.18. The van der Waals surface area contributed by atoms with Crippen molar-refractivity contribution in [3.63, 3.8) is 0 Å². The topological polar surface area (TPSA) is 67.6 Å². The van der Waals surface area contributed by atoms with Crippen LogP contribution in [-0.2, 0) is 12.8 Å². The zero-order valence-electron chi connectivity index (χ0n) is 8.38. The van der Waals surface area contributed by atoms with Gasteiger partial charge in [0.2, 0.25) is 0 Å². The van der Waals surface area contributed by atoms with E-state index in [0.717, 1.165) is 37.3 Å². The molecule has 1 unspecified atom stereocenters. The first-order valence-corrected chi connectivity index (χ1v) is 4.92. The van der Waals surface area contributed by atoms with E-state index in [1.54, 1.807) is 0 Å². The fraction of sp³-hybridized carbons (Fsp3) is 0.778. The lowest BCUT2D eigenvalue weighted by Gasteiger charge is -2.06. The largest absolute Gasteiger partial charge is 0.327 e. The molecule has 0 fully saturated rings. The van der Waals surface area contributed by atoms with Crippen molar-refractivity contribution in [1.29, 1.82) is 0 Å². The molecular weight excluding hydrogens is 164 g/mol. The fourth-order valence-corrected chi connectivity index (χ4v) is 1.31. The Morgan fingerprint density at radius 2 is 2.23 bits per heavy atom. The Morgan fingerprint density at radius 3 is 2.77 bits per heavy atom. The molecule has 4 nitrogen and oxygen atoms in total. The molecule has 0 saturated heterocycles. The number of H-pyrrole nitrogens is 1. The Hall–Kier alpha value is -0.900. The van der Waals surface area contributed by atoms with Crippen LogP contribution in [-0.4, -0.2) is 21.2 Å². The van der Waals surface area contributed by atoms with Crippen LogP contribution in [0.3, 0.4) is 0 Å². The number of aromatic nitrogens is 3. The van der Waals surface area contributed by atoms with Gasteiger partial charge in [-0.1, -0.05) is 20.3 Å². The van der Waals surface area contributed by atoms with Crippen molar-refractivity contribution in [3.05, 3.63) is 11.6 Å². The lowest BCUT2D eigenvalue weighted by Crippen LogP contribution is -2.22. The number of rotatable bonds is 5. The minimum atomic E-state index is 0.211. The van der Waals surface area contributed by atoms with Crippen LogP contribution >= 0.6 is 0 Å². The Morgan fingerprint density at radius 1 is 1.46 bits per heavy atom. The van der Waals surface area contributed by atoms with Crippen LogP contribution in [0.2, 0.25) is 0 Å². The van der Waals surface area contributed by atoms with Crippen LogP contribution in [0.1, 0.15) is 38.3 Å². The smallest absolute Gasteiger partial charge is 0.150 e. The van der Waals surface area contributed by atoms with E-state index in [-0.39, 0.29) is 6.04 Å². The SMILES string of the molecule is CCCC(N)Cc1nc(CC)n[nH]1. The van der Waals surface area contributed by atoms with Crippen molar-refractivity contribution in [2.45, 2.75) is 45.6 Å². The highest BCUT2D eigenvalue weighted by Crippen LogP contribution is 2.01. The summed E-state index contributed by atoms with van der Waals surface area (Å²) in [4.78, 5) is 4.30. The normalized spacial score (nSPS) is 13.2. The van der Waals surface area contributed by atoms with E-state index < -0.39 is 0 Å². The van der Waals surface area contributed by atoms with Crippen LogP contribution in [0.25, 0.3) is 0 Å². The van der Waals surface area contributed by atoms with Gasteiger partial charge in [-0.05, 0) is 6.42 Å². The molecule has 0 spiro atoms. The number of hydrogen-bond acceptors (Lipinski definition) is 3. The molecule has 3 N–H and O–H groups in total. The molecule has 0 radical (unpaired) electrons. The van der Waals surface area contributed by atoms with E-state index in [1.165, 1.54) is 0 Å². The van der Waals surface area contributed by atoms with Crippen LogP contribution in [0.4, 0.5) is 0 Å². The summed E-state index contributed by atoms with van der Waals surface area (Å²) in [5, 5.41) is 6.96. The molecule has 1 rings (SSSR count). The standard InChI is InChI=1S/C9H18N4/c1-3-5-7(10)6-9-11-8(4-2)12-13-9/h7H,3-6,10H2,1-2H3,(H,11,12,13). The number of hydrogen-bond donors (Lipinski definition) is 2. The summed E-state index contributed by atoms with van der Waals surface area (Å²) in [5.41, 5.74) is 5.88. The lowest BCUT2D eigenvalue weighted by molar-refractivity contribution is 0.585. The quantitative estimate of drug-likeness (QED) is 0.715. The summed E-state index contributed by atoms with van der Waals surface area (Å²) in [5.74, 6) is 1.79. The fourth-order valence-electron chi connectivity index (χ4n) is 1.31. The van der Waals surface area contributed by atoms with Gasteiger partial charge in [0.25, 0.3) is 0 Å². The summed E-state index contributed by atoms with van der Waals surface area (Å²) in [7, 11) is 0. The summed E-state index contributed by atoms with van der Waals surface area (Å²) < 4.78 is 0. The molecule has 74 valence electrons. The van der Waals surface area contributed by atoms with Gasteiger partial charge in [0.15, 0.2) is 0 Å². The second-order valence-electron chi connectivity index (χ2n) is 3.30. The maximum atomic E-state index is 5.88. The molecule has 0 aliphatic heterocycles. The summed E-state index contributed by atoms with van der Waals surface area (Å²) in [6.07, 6.45) is 3.85. The number of aryl methyl sites for hydroxylation is 1. The van der Waals surface area contributed by atoms with Crippen molar-refractivity contribution < 1.29 is 0 Å². The Balaban J connectivity index is 2.44. The molecule has 0 bridgehead atoms. The van der Waals surface area contributed by atoms with Gasteiger partial charge in [-0.2, -0.15) is 5.10 Å². The van der Waals surface area contributed by atoms with Crippen molar-refractivity contribution in [3.8, 4) is 0 Å². The molecule has 0 aromatic carbocycles. The third-order valence-electron chi connectivity index (χ3n) is 2.01. The zero-order chi connectivity index (χ0) is 9.68. The van der Waals surface area contributed by atoms with E-state index in [1.807, 2.05) is 6.92 Å². The third-order valence-corrected chi connectivity index (χ3v) is 2.01. The van der Waals surface area contributed by atoms with Crippen molar-refractivity contribution in [2.24, 2.45) is 5.73 Å². The molecule has 1 aromatic heterocycles. The first kappa shape index (κ1) is 10.2. The minimum Gasteiger partial charge on any atom is -0.327 e.